The molecule has 1 unspecified atom stereocenters. The summed E-state index contributed by atoms with van der Waals surface area (Å²) in [7, 11) is -4.11. The van der Waals surface area contributed by atoms with Gasteiger partial charge in [-0.2, -0.15) is 23.2 Å². The second-order valence-corrected chi connectivity index (χ2v) is 11.8. The number of fused-ring (bicyclic) bond motifs is 1. The van der Waals surface area contributed by atoms with Crippen LogP contribution in [0.4, 0.5) is 13.2 Å². The Kier molecular flexibility index (Phi) is 5.98. The Morgan fingerprint density at radius 2 is 1.85 bits per heavy atom. The third kappa shape index (κ3) is 4.95. The van der Waals surface area contributed by atoms with Crippen LogP contribution in [0, 0.1) is 16.7 Å². The molecule has 34 heavy (non-hydrogen) atoms. The average molecular weight is 491 g/mol. The van der Waals surface area contributed by atoms with Gasteiger partial charge >= 0.3 is 6.18 Å². The minimum absolute atomic E-state index is 0.191. The van der Waals surface area contributed by atoms with Gasteiger partial charge in [-0.15, -0.1) is 0 Å². The third-order valence-corrected chi connectivity index (χ3v) is 7.52. The van der Waals surface area contributed by atoms with E-state index in [9.17, 15) is 26.9 Å². The highest BCUT2D eigenvalue weighted by Crippen LogP contribution is 2.40. The van der Waals surface area contributed by atoms with Gasteiger partial charge in [0.25, 0.3) is 0 Å². The Bertz CT molecular complexity index is 1380. The van der Waals surface area contributed by atoms with Crippen molar-refractivity contribution in [1.82, 2.24) is 14.3 Å². The predicted molar refractivity (Wildman–Crippen MR) is 123 cm³/mol. The number of hydrogen-bond acceptors (Lipinski definition) is 4. The Balaban J connectivity index is 1.90. The van der Waals surface area contributed by atoms with Gasteiger partial charge in [0.2, 0.25) is 10.0 Å². The van der Waals surface area contributed by atoms with Crippen molar-refractivity contribution >= 4 is 21.1 Å². The highest BCUT2D eigenvalue weighted by molar-refractivity contribution is 7.90. The minimum Gasteiger partial charge on any atom is -0.332 e. The first kappa shape index (κ1) is 24.2. The lowest BCUT2D eigenvalue weighted by atomic mass is 9.97. The normalized spacial score (nSPS) is 15.9. The first-order valence-electron chi connectivity index (χ1n) is 10.9. The summed E-state index contributed by atoms with van der Waals surface area (Å²) in [6.45, 7) is 6.21. The second-order valence-electron chi connectivity index (χ2n) is 9.83. The summed E-state index contributed by atoms with van der Waals surface area (Å²) in [5.74, 6) is 0. The fourth-order valence-corrected chi connectivity index (χ4v) is 5.49. The van der Waals surface area contributed by atoms with Crippen LogP contribution in [0.1, 0.15) is 50.8 Å². The Hall–Kier alpha value is -2.90. The van der Waals surface area contributed by atoms with Crippen molar-refractivity contribution in [2.45, 2.75) is 57.6 Å². The van der Waals surface area contributed by atoms with Crippen molar-refractivity contribution in [2.24, 2.45) is 5.41 Å². The molecule has 2 aromatic heterocycles. The molecule has 0 bridgehead atoms. The number of nitrogens with one attached hydrogen (secondary N) is 1. The van der Waals surface area contributed by atoms with Crippen LogP contribution in [-0.4, -0.2) is 29.4 Å². The molecule has 1 fully saturated rings. The molecule has 1 aliphatic carbocycles. The molecule has 1 aliphatic rings. The standard InChI is InChI=1S/C24H25F3N4O2S/c1-23(2,3)14-31-13-19(21(24(25,26)27)30-34(32,33)16-8-9-16)18-10-11-20(29-22(18)31)17-7-5-4-6-15(17)12-28/h4-7,10-11,13,16,21,30H,8-9,14H2,1-3H3. The first-order chi connectivity index (χ1) is 15.8. The molecular weight excluding hydrogens is 465 g/mol. The van der Waals surface area contributed by atoms with Crippen LogP contribution in [0.15, 0.2) is 42.6 Å². The van der Waals surface area contributed by atoms with Crippen molar-refractivity contribution in [2.75, 3.05) is 0 Å². The number of nitriles is 1. The van der Waals surface area contributed by atoms with Crippen molar-refractivity contribution < 1.29 is 21.6 Å². The van der Waals surface area contributed by atoms with Crippen LogP contribution in [0.25, 0.3) is 22.3 Å². The van der Waals surface area contributed by atoms with Crippen molar-refractivity contribution in [3.63, 3.8) is 0 Å². The number of nitrogens with zero attached hydrogens (tertiary/aromatic N) is 3. The van der Waals surface area contributed by atoms with E-state index in [0.29, 0.717) is 41.9 Å². The van der Waals surface area contributed by atoms with Gasteiger partial charge in [0, 0.05) is 29.3 Å². The maximum Gasteiger partial charge on any atom is 0.408 e. The maximum absolute atomic E-state index is 14.1. The minimum atomic E-state index is -4.84. The number of alkyl halides is 3. The van der Waals surface area contributed by atoms with E-state index in [0.717, 1.165) is 0 Å². The van der Waals surface area contributed by atoms with Gasteiger partial charge in [-0.25, -0.2) is 13.4 Å². The number of pyridine rings is 1. The molecule has 0 radical (unpaired) electrons. The Morgan fingerprint density at radius 3 is 2.44 bits per heavy atom. The van der Waals surface area contributed by atoms with E-state index in [-0.39, 0.29) is 16.4 Å². The van der Waals surface area contributed by atoms with Gasteiger partial charge in [-0.1, -0.05) is 39.0 Å². The van der Waals surface area contributed by atoms with Crippen LogP contribution < -0.4 is 4.72 Å². The monoisotopic (exact) mass is 490 g/mol. The molecule has 1 atom stereocenters. The van der Waals surface area contributed by atoms with E-state index in [1.165, 1.54) is 12.3 Å². The molecule has 3 aromatic rings. The van der Waals surface area contributed by atoms with Crippen LogP contribution in [0.3, 0.4) is 0 Å². The van der Waals surface area contributed by atoms with Gasteiger partial charge in [0.1, 0.15) is 11.7 Å². The quantitative estimate of drug-likeness (QED) is 0.508. The summed E-state index contributed by atoms with van der Waals surface area (Å²) in [6, 6.07) is 9.66. The topological polar surface area (TPSA) is 87.8 Å². The molecule has 4 rings (SSSR count). The Morgan fingerprint density at radius 1 is 1.18 bits per heavy atom. The van der Waals surface area contributed by atoms with Crippen molar-refractivity contribution in [1.29, 1.82) is 5.26 Å². The largest absolute Gasteiger partial charge is 0.408 e. The number of hydrogen-bond donors (Lipinski definition) is 1. The summed E-state index contributed by atoms with van der Waals surface area (Å²) < 4.78 is 70.9. The number of rotatable bonds is 6. The van der Waals surface area contributed by atoms with Crippen LogP contribution in [0.5, 0.6) is 0 Å². The van der Waals surface area contributed by atoms with Crippen molar-refractivity contribution in [3.8, 4) is 17.3 Å². The maximum atomic E-state index is 14.1. The number of halogens is 3. The van der Waals surface area contributed by atoms with E-state index < -0.39 is 27.5 Å². The molecule has 1 N–H and O–H groups in total. The zero-order valence-corrected chi connectivity index (χ0v) is 19.8. The highest BCUT2D eigenvalue weighted by atomic mass is 32.2. The molecule has 0 spiro atoms. The molecule has 0 saturated heterocycles. The van der Waals surface area contributed by atoms with Crippen molar-refractivity contribution in [3.05, 3.63) is 53.7 Å². The molecule has 0 aliphatic heterocycles. The molecule has 6 nitrogen and oxygen atoms in total. The molecular formula is C24H25F3N4O2S. The number of aromatic nitrogens is 2. The summed E-state index contributed by atoms with van der Waals surface area (Å²) in [4.78, 5) is 4.63. The van der Waals surface area contributed by atoms with E-state index >= 15 is 0 Å². The molecule has 0 amide bonds. The fourth-order valence-electron chi connectivity index (χ4n) is 3.95. The lowest BCUT2D eigenvalue weighted by molar-refractivity contribution is -0.152. The molecule has 2 heterocycles. The predicted octanol–water partition coefficient (Wildman–Crippen LogP) is 5.31. The Labute approximate surface area is 196 Å². The number of sulfonamides is 1. The number of benzene rings is 1. The van der Waals surface area contributed by atoms with Gasteiger partial charge in [0.15, 0.2) is 0 Å². The summed E-state index contributed by atoms with van der Waals surface area (Å²) in [6.07, 6.45) is -2.78. The van der Waals surface area contributed by atoms with E-state index in [1.807, 2.05) is 25.5 Å². The van der Waals surface area contributed by atoms with Crippen LogP contribution in [-0.2, 0) is 16.6 Å². The average Bonchev–Trinajstić information content (AvgIpc) is 3.55. The zero-order valence-electron chi connectivity index (χ0n) is 19.0. The lowest BCUT2D eigenvalue weighted by Crippen LogP contribution is -2.39. The van der Waals surface area contributed by atoms with Crippen LogP contribution >= 0.6 is 0 Å². The van der Waals surface area contributed by atoms with E-state index in [4.69, 9.17) is 0 Å². The molecule has 180 valence electrons. The second kappa shape index (κ2) is 8.40. The van der Waals surface area contributed by atoms with E-state index in [1.54, 1.807) is 34.9 Å². The highest BCUT2D eigenvalue weighted by Gasteiger charge is 2.47. The van der Waals surface area contributed by atoms with Gasteiger partial charge < -0.3 is 4.57 Å². The van der Waals surface area contributed by atoms with Gasteiger partial charge in [-0.3, -0.25) is 0 Å². The lowest BCUT2D eigenvalue weighted by Gasteiger charge is -2.21. The molecule has 10 heteroatoms. The molecule has 1 aromatic carbocycles. The summed E-state index contributed by atoms with van der Waals surface area (Å²) >= 11 is 0. The van der Waals surface area contributed by atoms with Crippen LogP contribution in [0.2, 0.25) is 0 Å². The fraction of sp³-hybridized carbons (Fsp3) is 0.417. The third-order valence-electron chi connectivity index (χ3n) is 5.60. The van der Waals surface area contributed by atoms with E-state index in [2.05, 4.69) is 11.1 Å². The molecule has 1 saturated carbocycles. The SMILES string of the molecule is CC(C)(C)Cn1cc(C(NS(=O)(=O)C2CC2)C(F)(F)F)c2ccc(-c3ccccc3C#N)nc21. The first-order valence-corrected chi connectivity index (χ1v) is 12.4. The summed E-state index contributed by atoms with van der Waals surface area (Å²) in [5.41, 5.74) is 1.24. The smallest absolute Gasteiger partial charge is 0.332 e. The summed E-state index contributed by atoms with van der Waals surface area (Å²) in [5, 5.41) is 8.88. The zero-order chi connectivity index (χ0) is 24.9. The van der Waals surface area contributed by atoms with Gasteiger partial charge in [-0.05, 0) is 36.5 Å². The van der Waals surface area contributed by atoms with Gasteiger partial charge in [0.05, 0.1) is 22.6 Å².